The highest BCUT2D eigenvalue weighted by atomic mass is 32.2. The molecule has 0 unspecified atom stereocenters. The van der Waals surface area contributed by atoms with Crippen molar-refractivity contribution in [1.29, 1.82) is 0 Å². The summed E-state index contributed by atoms with van der Waals surface area (Å²) in [6.45, 7) is 1.36. The van der Waals surface area contributed by atoms with E-state index >= 15 is 0 Å². The van der Waals surface area contributed by atoms with Crippen molar-refractivity contribution in [1.82, 2.24) is 0 Å². The molecule has 0 aliphatic rings. The third-order valence-corrected chi connectivity index (χ3v) is 4.75. The largest absolute Gasteiger partial charge is 0.449 e. The predicted molar refractivity (Wildman–Crippen MR) is 98.0 cm³/mol. The first-order valence-corrected chi connectivity index (χ1v) is 9.69. The smallest absolute Gasteiger partial charge is 0.340 e. The van der Waals surface area contributed by atoms with E-state index in [-0.39, 0.29) is 16.0 Å². The minimum atomic E-state index is -3.63. The van der Waals surface area contributed by atoms with Gasteiger partial charge in [0.15, 0.2) is 15.9 Å². The van der Waals surface area contributed by atoms with Crippen LogP contribution in [0.25, 0.3) is 0 Å². The van der Waals surface area contributed by atoms with Crippen LogP contribution in [0.1, 0.15) is 27.6 Å². The number of nitrogens with one attached hydrogen (secondary N) is 1. The van der Waals surface area contributed by atoms with Gasteiger partial charge in [0.05, 0.1) is 10.5 Å². The van der Waals surface area contributed by atoms with Gasteiger partial charge in [0.25, 0.3) is 5.91 Å². The minimum Gasteiger partial charge on any atom is -0.449 e. The molecule has 0 bridgehead atoms. The summed E-state index contributed by atoms with van der Waals surface area (Å²) >= 11 is 0. The number of rotatable bonds is 6. The number of anilines is 1. The molecular weight excluding hydrogens is 372 g/mol. The van der Waals surface area contributed by atoms with Gasteiger partial charge in [-0.2, -0.15) is 0 Å². The Morgan fingerprint density at radius 2 is 1.63 bits per heavy atom. The lowest BCUT2D eigenvalue weighted by Gasteiger charge is -2.15. The molecule has 0 heterocycles. The lowest BCUT2D eigenvalue weighted by molar-refractivity contribution is -0.123. The first kappa shape index (κ1) is 20.1. The van der Waals surface area contributed by atoms with E-state index in [9.17, 15) is 22.8 Å². The van der Waals surface area contributed by atoms with E-state index in [1.807, 2.05) is 0 Å². The molecule has 8 nitrogen and oxygen atoms in total. The number of esters is 1. The van der Waals surface area contributed by atoms with Crippen LogP contribution in [0, 0.1) is 0 Å². The van der Waals surface area contributed by atoms with Gasteiger partial charge < -0.3 is 15.8 Å². The van der Waals surface area contributed by atoms with Crippen LogP contribution in [0.2, 0.25) is 0 Å². The summed E-state index contributed by atoms with van der Waals surface area (Å²) in [6, 6.07) is 11.4. The number of sulfone groups is 1. The van der Waals surface area contributed by atoms with Crippen LogP contribution in [0.3, 0.4) is 0 Å². The Kier molecular flexibility index (Phi) is 5.96. The molecule has 0 saturated heterocycles. The van der Waals surface area contributed by atoms with Crippen molar-refractivity contribution in [2.45, 2.75) is 17.9 Å². The van der Waals surface area contributed by atoms with Gasteiger partial charge in [-0.25, -0.2) is 13.2 Å². The van der Waals surface area contributed by atoms with Crippen molar-refractivity contribution < 1.29 is 27.5 Å². The first-order valence-electron chi connectivity index (χ1n) is 7.80. The first-order chi connectivity index (χ1) is 12.6. The highest BCUT2D eigenvalue weighted by Crippen LogP contribution is 2.17. The molecule has 0 saturated carbocycles. The quantitative estimate of drug-likeness (QED) is 0.716. The molecule has 27 heavy (non-hydrogen) atoms. The zero-order valence-electron chi connectivity index (χ0n) is 14.6. The number of amides is 2. The summed E-state index contributed by atoms with van der Waals surface area (Å²) < 4.78 is 28.6. The molecular formula is C18H18N2O6S. The third kappa shape index (κ3) is 5.14. The molecule has 0 aliphatic heterocycles. The summed E-state index contributed by atoms with van der Waals surface area (Å²) in [4.78, 5) is 35.3. The van der Waals surface area contributed by atoms with Gasteiger partial charge in [0.2, 0.25) is 5.91 Å². The van der Waals surface area contributed by atoms with Gasteiger partial charge in [-0.1, -0.05) is 12.1 Å². The summed E-state index contributed by atoms with van der Waals surface area (Å²) in [5, 5.41) is 2.52. The van der Waals surface area contributed by atoms with Crippen molar-refractivity contribution in [3.63, 3.8) is 0 Å². The highest BCUT2D eigenvalue weighted by molar-refractivity contribution is 7.90. The van der Waals surface area contributed by atoms with E-state index in [4.69, 9.17) is 10.5 Å². The molecule has 0 fully saturated rings. The number of nitrogens with two attached hydrogens (primary N) is 1. The fourth-order valence-electron chi connectivity index (χ4n) is 2.20. The molecule has 2 rings (SSSR count). The number of benzene rings is 2. The van der Waals surface area contributed by atoms with Gasteiger partial charge in [-0.15, -0.1) is 0 Å². The molecule has 0 spiro atoms. The maximum absolute atomic E-state index is 12.3. The lowest BCUT2D eigenvalue weighted by Crippen LogP contribution is -2.30. The Morgan fingerprint density at radius 1 is 1.04 bits per heavy atom. The van der Waals surface area contributed by atoms with Crippen LogP contribution >= 0.6 is 0 Å². The van der Waals surface area contributed by atoms with Crippen molar-refractivity contribution in [3.05, 3.63) is 59.7 Å². The fourth-order valence-corrected chi connectivity index (χ4v) is 3.07. The molecule has 3 N–H and O–H groups in total. The van der Waals surface area contributed by atoms with E-state index in [1.54, 1.807) is 0 Å². The average molecular weight is 390 g/mol. The molecule has 2 aromatic rings. The standard InChI is InChI=1S/C18H18N2O6S/c1-11(17(22)20-13-9-7-12(8-10-13)16(19)21)26-18(23)14-5-3-4-6-15(14)27(2,24)25/h3-11H,1-2H3,(H2,19,21)(H,20,22)/t11-/m0/s1. The van der Waals surface area contributed by atoms with Crippen molar-refractivity contribution in [3.8, 4) is 0 Å². The van der Waals surface area contributed by atoms with Crippen molar-refractivity contribution in [2.75, 3.05) is 11.6 Å². The number of carbonyl (C=O) groups is 3. The zero-order chi connectivity index (χ0) is 20.2. The van der Waals surface area contributed by atoms with E-state index < -0.39 is 33.7 Å². The topological polar surface area (TPSA) is 133 Å². The van der Waals surface area contributed by atoms with E-state index in [0.29, 0.717) is 5.69 Å². The second kappa shape index (κ2) is 8.00. The SMILES string of the molecule is C[C@H](OC(=O)c1ccccc1S(C)(=O)=O)C(=O)Nc1ccc(C(N)=O)cc1. The van der Waals surface area contributed by atoms with Crippen LogP contribution in [0.15, 0.2) is 53.4 Å². The molecule has 142 valence electrons. The van der Waals surface area contributed by atoms with Crippen LogP contribution in [-0.4, -0.2) is 38.6 Å². The fraction of sp³-hybridized carbons (Fsp3) is 0.167. The highest BCUT2D eigenvalue weighted by Gasteiger charge is 2.23. The van der Waals surface area contributed by atoms with E-state index in [1.165, 1.54) is 55.5 Å². The summed E-state index contributed by atoms with van der Waals surface area (Å²) in [5.74, 6) is -2.14. The monoisotopic (exact) mass is 390 g/mol. The van der Waals surface area contributed by atoms with Gasteiger partial charge in [-0.05, 0) is 43.3 Å². The number of ether oxygens (including phenoxy) is 1. The Hall–Kier alpha value is -3.20. The maximum Gasteiger partial charge on any atom is 0.340 e. The molecule has 2 aromatic carbocycles. The van der Waals surface area contributed by atoms with Gasteiger partial charge >= 0.3 is 5.97 Å². The molecule has 2 amide bonds. The normalized spacial score (nSPS) is 12.1. The Morgan fingerprint density at radius 3 is 2.19 bits per heavy atom. The number of hydrogen-bond donors (Lipinski definition) is 2. The van der Waals surface area contributed by atoms with Gasteiger partial charge in [0, 0.05) is 17.5 Å². The van der Waals surface area contributed by atoms with Crippen LogP contribution in [0.5, 0.6) is 0 Å². The Labute approximate surface area is 156 Å². The third-order valence-electron chi connectivity index (χ3n) is 3.60. The van der Waals surface area contributed by atoms with E-state index in [0.717, 1.165) is 6.26 Å². The van der Waals surface area contributed by atoms with Crippen LogP contribution < -0.4 is 11.1 Å². The Balaban J connectivity index is 2.08. The molecule has 0 radical (unpaired) electrons. The summed E-state index contributed by atoms with van der Waals surface area (Å²) in [6.07, 6.45) is -0.203. The van der Waals surface area contributed by atoms with Gasteiger partial charge in [-0.3, -0.25) is 9.59 Å². The molecule has 0 aliphatic carbocycles. The van der Waals surface area contributed by atoms with Crippen molar-refractivity contribution in [2.24, 2.45) is 5.73 Å². The van der Waals surface area contributed by atoms with Gasteiger partial charge in [0.1, 0.15) is 0 Å². The second-order valence-corrected chi connectivity index (χ2v) is 7.73. The lowest BCUT2D eigenvalue weighted by atomic mass is 10.2. The van der Waals surface area contributed by atoms with Crippen LogP contribution in [0.4, 0.5) is 5.69 Å². The second-order valence-electron chi connectivity index (χ2n) is 5.75. The predicted octanol–water partition coefficient (Wildman–Crippen LogP) is 1.37. The van der Waals surface area contributed by atoms with Crippen LogP contribution in [-0.2, 0) is 19.4 Å². The van der Waals surface area contributed by atoms with E-state index in [2.05, 4.69) is 5.32 Å². The number of carbonyl (C=O) groups excluding carboxylic acids is 3. The minimum absolute atomic E-state index is 0.148. The average Bonchev–Trinajstić information content (AvgIpc) is 2.61. The molecule has 0 aromatic heterocycles. The molecule has 1 atom stereocenters. The molecule has 9 heteroatoms. The van der Waals surface area contributed by atoms with Crippen molar-refractivity contribution >= 4 is 33.3 Å². The zero-order valence-corrected chi connectivity index (χ0v) is 15.4. The maximum atomic E-state index is 12.3. The Bertz CT molecular complexity index is 983. The number of primary amides is 1. The summed E-state index contributed by atoms with van der Waals surface area (Å²) in [5.41, 5.74) is 5.65. The number of hydrogen-bond acceptors (Lipinski definition) is 6. The summed E-state index contributed by atoms with van der Waals surface area (Å²) in [7, 11) is -3.63.